The Morgan fingerprint density at radius 2 is 1.71 bits per heavy atom. The summed E-state index contributed by atoms with van der Waals surface area (Å²) in [5.74, 6) is 1.82. The number of phenolic OH excluding ortho intramolecular Hbond substituents is 1. The number of nitrogens with zero attached hydrogens (tertiary/aromatic N) is 1. The highest BCUT2D eigenvalue weighted by Crippen LogP contribution is 2.50. The fraction of sp³-hybridized carbons (Fsp3) is 0.478. The summed E-state index contributed by atoms with van der Waals surface area (Å²) >= 11 is 0. The Bertz CT molecular complexity index is 808. The van der Waals surface area contributed by atoms with Crippen LogP contribution in [0.25, 0.3) is 0 Å². The molecule has 1 saturated heterocycles. The smallest absolute Gasteiger partial charge is 0.119 e. The van der Waals surface area contributed by atoms with Gasteiger partial charge in [0.2, 0.25) is 0 Å². The van der Waals surface area contributed by atoms with E-state index in [1.54, 1.807) is 31.4 Å². The van der Waals surface area contributed by atoms with Gasteiger partial charge in [-0.15, -0.1) is 0 Å². The number of benzene rings is 2. The van der Waals surface area contributed by atoms with Crippen LogP contribution >= 0.6 is 0 Å². The van der Waals surface area contributed by atoms with Crippen LogP contribution < -0.4 is 4.74 Å². The van der Waals surface area contributed by atoms with Crippen LogP contribution in [0.15, 0.2) is 48.5 Å². The van der Waals surface area contributed by atoms with Gasteiger partial charge in [0.1, 0.15) is 11.5 Å². The number of rotatable bonds is 5. The third kappa shape index (κ3) is 3.50. The molecule has 2 aromatic rings. The number of hydrogen-bond acceptors (Lipinski definition) is 5. The van der Waals surface area contributed by atoms with Crippen molar-refractivity contribution in [3.8, 4) is 11.5 Å². The van der Waals surface area contributed by atoms with Crippen molar-refractivity contribution in [2.75, 3.05) is 20.2 Å². The number of aliphatic hydroxyl groups is 2. The Kier molecular flexibility index (Phi) is 5.08. The molecule has 4 rings (SSSR count). The van der Waals surface area contributed by atoms with Crippen molar-refractivity contribution in [2.24, 2.45) is 11.8 Å². The van der Waals surface area contributed by atoms with Gasteiger partial charge in [-0.25, -0.2) is 0 Å². The predicted octanol–water partition coefficient (Wildman–Crippen LogP) is 3.05. The van der Waals surface area contributed by atoms with E-state index in [9.17, 15) is 15.3 Å². The first-order valence-corrected chi connectivity index (χ1v) is 9.97. The second kappa shape index (κ2) is 7.39. The molecule has 2 aliphatic rings. The Morgan fingerprint density at radius 1 is 1.07 bits per heavy atom. The Labute approximate surface area is 166 Å². The van der Waals surface area contributed by atoms with Crippen LogP contribution in [0.4, 0.5) is 0 Å². The van der Waals surface area contributed by atoms with E-state index >= 15 is 0 Å². The van der Waals surface area contributed by atoms with Crippen LogP contribution in [0.3, 0.4) is 0 Å². The molecule has 1 aliphatic carbocycles. The Balaban J connectivity index is 1.42. The summed E-state index contributed by atoms with van der Waals surface area (Å²) in [5.41, 5.74) is 0.953. The average Bonchev–Trinajstić information content (AvgIpc) is 3.23. The monoisotopic (exact) mass is 383 g/mol. The van der Waals surface area contributed by atoms with Crippen molar-refractivity contribution in [1.29, 1.82) is 0 Å². The number of phenols is 1. The van der Waals surface area contributed by atoms with Crippen molar-refractivity contribution in [2.45, 2.75) is 37.5 Å². The first-order chi connectivity index (χ1) is 13.4. The molecule has 1 saturated carbocycles. The molecule has 150 valence electrons. The van der Waals surface area contributed by atoms with Crippen LogP contribution in [0.2, 0.25) is 0 Å². The molecule has 1 aliphatic heterocycles. The molecule has 0 radical (unpaired) electrons. The largest absolute Gasteiger partial charge is 0.508 e. The van der Waals surface area contributed by atoms with E-state index in [1.165, 1.54) is 0 Å². The molecule has 3 unspecified atom stereocenters. The number of likely N-dealkylation sites (tertiary alicyclic amines) is 1. The lowest BCUT2D eigenvalue weighted by Gasteiger charge is -2.31. The molecule has 0 amide bonds. The van der Waals surface area contributed by atoms with Gasteiger partial charge in [0.25, 0.3) is 0 Å². The van der Waals surface area contributed by atoms with E-state index in [1.807, 2.05) is 31.2 Å². The third-order valence-electron chi connectivity index (χ3n) is 6.68. The maximum Gasteiger partial charge on any atom is 0.119 e. The molecule has 2 aromatic carbocycles. The first-order valence-electron chi connectivity index (χ1n) is 9.97. The molecular formula is C23H29NO4. The molecule has 2 fully saturated rings. The van der Waals surface area contributed by atoms with E-state index in [4.69, 9.17) is 4.74 Å². The second-order valence-corrected chi connectivity index (χ2v) is 8.42. The summed E-state index contributed by atoms with van der Waals surface area (Å²) < 4.78 is 5.31. The van der Waals surface area contributed by atoms with Gasteiger partial charge in [-0.05, 0) is 67.0 Å². The lowest BCUT2D eigenvalue weighted by Crippen LogP contribution is -2.37. The molecule has 3 N–H and O–H groups in total. The summed E-state index contributed by atoms with van der Waals surface area (Å²) in [5, 5.41) is 31.5. The quantitative estimate of drug-likeness (QED) is 0.740. The highest BCUT2D eigenvalue weighted by molar-refractivity contribution is 5.33. The maximum absolute atomic E-state index is 11.3. The van der Waals surface area contributed by atoms with Crippen molar-refractivity contribution in [1.82, 2.24) is 4.90 Å². The zero-order valence-electron chi connectivity index (χ0n) is 16.5. The summed E-state index contributed by atoms with van der Waals surface area (Å²) in [6, 6.07) is 14.5. The lowest BCUT2D eigenvalue weighted by atomic mass is 9.90. The molecule has 5 atom stereocenters. The number of hydrogen-bond donors (Lipinski definition) is 3. The van der Waals surface area contributed by atoms with Gasteiger partial charge in [0, 0.05) is 19.1 Å². The van der Waals surface area contributed by atoms with Crippen LogP contribution in [0.1, 0.15) is 37.0 Å². The van der Waals surface area contributed by atoms with E-state index < -0.39 is 11.7 Å². The van der Waals surface area contributed by atoms with E-state index in [0.717, 1.165) is 42.8 Å². The topological polar surface area (TPSA) is 73.2 Å². The molecule has 0 spiro atoms. The van der Waals surface area contributed by atoms with E-state index in [0.29, 0.717) is 11.8 Å². The van der Waals surface area contributed by atoms with Gasteiger partial charge in [-0.2, -0.15) is 0 Å². The normalized spacial score (nSPS) is 29.4. The van der Waals surface area contributed by atoms with Gasteiger partial charge in [0.15, 0.2) is 0 Å². The minimum atomic E-state index is -0.797. The summed E-state index contributed by atoms with van der Waals surface area (Å²) in [6.07, 6.45) is 0.879. The molecule has 28 heavy (non-hydrogen) atoms. The zero-order chi connectivity index (χ0) is 19.9. The van der Waals surface area contributed by atoms with Crippen molar-refractivity contribution < 1.29 is 20.1 Å². The van der Waals surface area contributed by atoms with Gasteiger partial charge >= 0.3 is 0 Å². The highest BCUT2D eigenvalue weighted by atomic mass is 16.5. The number of fused-ring (bicyclic) bond motifs is 1. The van der Waals surface area contributed by atoms with E-state index in [2.05, 4.69) is 4.90 Å². The SMILES string of the molecule is COc1cccc(C2(O)C[C@H]3CN(C(C)C(O)c4ccc(O)cc4)C[C@H]3C2)c1. The average molecular weight is 383 g/mol. The lowest BCUT2D eigenvalue weighted by molar-refractivity contribution is 0.0210. The standard InChI is InChI=1S/C23H29NO4/c1-15(22(26)16-6-8-20(25)9-7-16)24-13-17-11-23(27,12-18(17)14-24)19-4-3-5-21(10-19)28-2/h3-10,15,17-18,22,25-27H,11-14H2,1-2H3/t15?,17-,18+,22?,23?. The van der Waals surface area contributed by atoms with Crippen LogP contribution in [-0.2, 0) is 5.60 Å². The fourth-order valence-corrected chi connectivity index (χ4v) is 5.02. The number of methoxy groups -OCH3 is 1. The molecule has 5 nitrogen and oxygen atoms in total. The fourth-order valence-electron chi connectivity index (χ4n) is 5.02. The third-order valence-corrected chi connectivity index (χ3v) is 6.68. The van der Waals surface area contributed by atoms with Gasteiger partial charge in [0.05, 0.1) is 18.8 Å². The summed E-state index contributed by atoms with van der Waals surface area (Å²) in [4.78, 5) is 2.33. The van der Waals surface area contributed by atoms with Crippen LogP contribution in [-0.4, -0.2) is 46.5 Å². The molecule has 1 heterocycles. The number of ether oxygens (including phenoxy) is 1. The van der Waals surface area contributed by atoms with Crippen LogP contribution in [0.5, 0.6) is 11.5 Å². The molecule has 0 bridgehead atoms. The minimum Gasteiger partial charge on any atom is -0.508 e. The summed E-state index contributed by atoms with van der Waals surface area (Å²) in [7, 11) is 1.64. The Morgan fingerprint density at radius 3 is 2.32 bits per heavy atom. The zero-order valence-corrected chi connectivity index (χ0v) is 16.5. The number of aliphatic hydroxyl groups excluding tert-OH is 1. The Hall–Kier alpha value is -2.08. The van der Waals surface area contributed by atoms with E-state index in [-0.39, 0.29) is 11.8 Å². The van der Waals surface area contributed by atoms with Gasteiger partial charge in [-0.1, -0.05) is 24.3 Å². The summed E-state index contributed by atoms with van der Waals surface area (Å²) in [6.45, 7) is 3.81. The van der Waals surface area contributed by atoms with Crippen molar-refractivity contribution in [3.63, 3.8) is 0 Å². The number of aromatic hydroxyl groups is 1. The molecule has 5 heteroatoms. The van der Waals surface area contributed by atoms with Gasteiger partial charge in [-0.3, -0.25) is 4.90 Å². The van der Waals surface area contributed by atoms with Crippen LogP contribution in [0, 0.1) is 11.8 Å². The highest BCUT2D eigenvalue weighted by Gasteiger charge is 2.50. The first kappa shape index (κ1) is 19.2. The second-order valence-electron chi connectivity index (χ2n) is 8.42. The predicted molar refractivity (Wildman–Crippen MR) is 107 cm³/mol. The van der Waals surface area contributed by atoms with Crippen molar-refractivity contribution in [3.05, 3.63) is 59.7 Å². The minimum absolute atomic E-state index is 0.0138. The molecular weight excluding hydrogens is 354 g/mol. The van der Waals surface area contributed by atoms with Gasteiger partial charge < -0.3 is 20.1 Å². The van der Waals surface area contributed by atoms with Crippen molar-refractivity contribution >= 4 is 0 Å². The maximum atomic E-state index is 11.3. The molecule has 0 aromatic heterocycles.